The van der Waals surface area contributed by atoms with Crippen molar-refractivity contribution in [3.05, 3.63) is 142 Å². The molecule has 2 amide bonds. The standard InChI is InChI=1S/C31H26BrNO2/c1-22(23-17-19-27(32)20-18-23)28-21-29(34)33(30(28)35)31(24-11-5-2-6-12-24,25-13-7-3-8-14-25)26-15-9-4-10-16-26/h2-20,22,28H,21H2,1H3. The van der Waals surface area contributed by atoms with E-state index in [2.05, 4.69) is 15.9 Å². The number of halogens is 1. The van der Waals surface area contributed by atoms with E-state index in [-0.39, 0.29) is 24.2 Å². The van der Waals surface area contributed by atoms with Crippen LogP contribution in [0.5, 0.6) is 0 Å². The number of hydrogen-bond acceptors (Lipinski definition) is 2. The Morgan fingerprint density at radius 3 is 1.57 bits per heavy atom. The van der Waals surface area contributed by atoms with Crippen molar-refractivity contribution in [2.45, 2.75) is 24.8 Å². The number of benzene rings is 4. The average molecular weight is 524 g/mol. The molecule has 0 radical (unpaired) electrons. The zero-order valence-corrected chi connectivity index (χ0v) is 21.1. The second-order valence-electron chi connectivity index (χ2n) is 9.03. The molecule has 0 bridgehead atoms. The Bertz CT molecular complexity index is 1220. The van der Waals surface area contributed by atoms with Crippen LogP contribution in [0.15, 0.2) is 120 Å². The summed E-state index contributed by atoms with van der Waals surface area (Å²) in [5, 5.41) is 0. The maximum atomic E-state index is 14.3. The van der Waals surface area contributed by atoms with Crippen LogP contribution in [0.4, 0.5) is 0 Å². The maximum absolute atomic E-state index is 14.3. The normalized spacial score (nSPS) is 17.0. The number of imide groups is 1. The first kappa shape index (κ1) is 23.3. The highest BCUT2D eigenvalue weighted by atomic mass is 79.9. The molecule has 0 spiro atoms. The fourth-order valence-corrected chi connectivity index (χ4v) is 5.59. The van der Waals surface area contributed by atoms with Crippen LogP contribution in [0.3, 0.4) is 0 Å². The summed E-state index contributed by atoms with van der Waals surface area (Å²) in [6, 6.07) is 37.7. The second kappa shape index (κ2) is 9.63. The molecule has 4 aromatic carbocycles. The Hall–Kier alpha value is -3.50. The molecule has 174 valence electrons. The molecular formula is C31H26BrNO2. The van der Waals surface area contributed by atoms with Gasteiger partial charge in [0.15, 0.2) is 0 Å². The Kier molecular flexibility index (Phi) is 6.40. The zero-order chi connectivity index (χ0) is 24.4. The summed E-state index contributed by atoms with van der Waals surface area (Å²) in [6.07, 6.45) is 0.185. The van der Waals surface area contributed by atoms with Gasteiger partial charge in [0.1, 0.15) is 5.54 Å². The molecule has 4 aromatic rings. The van der Waals surface area contributed by atoms with Crippen LogP contribution in [-0.4, -0.2) is 16.7 Å². The molecule has 1 saturated heterocycles. The first-order chi connectivity index (χ1) is 17.0. The summed E-state index contributed by atoms with van der Waals surface area (Å²) in [4.78, 5) is 29.6. The summed E-state index contributed by atoms with van der Waals surface area (Å²) in [6.45, 7) is 2.04. The van der Waals surface area contributed by atoms with Gasteiger partial charge in [0.05, 0.1) is 5.92 Å². The molecule has 1 aliphatic heterocycles. The lowest BCUT2D eigenvalue weighted by atomic mass is 9.75. The minimum Gasteiger partial charge on any atom is -0.274 e. The van der Waals surface area contributed by atoms with E-state index in [1.807, 2.05) is 122 Å². The van der Waals surface area contributed by atoms with Crippen LogP contribution in [0.2, 0.25) is 0 Å². The van der Waals surface area contributed by atoms with Crippen LogP contribution in [-0.2, 0) is 15.1 Å². The molecular weight excluding hydrogens is 498 g/mol. The molecule has 1 fully saturated rings. The van der Waals surface area contributed by atoms with Gasteiger partial charge in [-0.25, -0.2) is 0 Å². The van der Waals surface area contributed by atoms with E-state index in [1.165, 1.54) is 4.90 Å². The van der Waals surface area contributed by atoms with Crippen LogP contribution in [0.25, 0.3) is 0 Å². The third-order valence-electron chi connectivity index (χ3n) is 7.09. The van der Waals surface area contributed by atoms with E-state index in [1.54, 1.807) is 0 Å². The fraction of sp³-hybridized carbons (Fsp3) is 0.161. The van der Waals surface area contributed by atoms with Gasteiger partial charge < -0.3 is 0 Å². The van der Waals surface area contributed by atoms with Crippen LogP contribution < -0.4 is 0 Å². The van der Waals surface area contributed by atoms with E-state index < -0.39 is 11.5 Å². The number of hydrogen-bond donors (Lipinski definition) is 0. The predicted octanol–water partition coefficient (Wildman–Crippen LogP) is 6.92. The fourth-order valence-electron chi connectivity index (χ4n) is 5.32. The van der Waals surface area contributed by atoms with Crippen molar-refractivity contribution < 1.29 is 9.59 Å². The maximum Gasteiger partial charge on any atom is 0.234 e. The molecule has 2 unspecified atom stereocenters. The van der Waals surface area contributed by atoms with E-state index in [9.17, 15) is 9.59 Å². The van der Waals surface area contributed by atoms with Gasteiger partial charge in [0, 0.05) is 10.9 Å². The lowest BCUT2D eigenvalue weighted by molar-refractivity contribution is -0.144. The summed E-state index contributed by atoms with van der Waals surface area (Å²) in [7, 11) is 0. The Labute approximate surface area is 214 Å². The number of rotatable bonds is 6. The van der Waals surface area contributed by atoms with Crippen molar-refractivity contribution in [1.82, 2.24) is 4.90 Å². The highest BCUT2D eigenvalue weighted by molar-refractivity contribution is 9.10. The minimum absolute atomic E-state index is 0.0930. The Balaban J connectivity index is 1.71. The van der Waals surface area contributed by atoms with Gasteiger partial charge in [0.25, 0.3) is 0 Å². The number of likely N-dealkylation sites (tertiary alicyclic amines) is 1. The SMILES string of the molecule is CC(c1ccc(Br)cc1)C1CC(=O)N(C(c2ccccc2)(c2ccccc2)c2ccccc2)C1=O. The van der Waals surface area contributed by atoms with Crippen LogP contribution in [0, 0.1) is 5.92 Å². The highest BCUT2D eigenvalue weighted by Crippen LogP contribution is 2.47. The lowest BCUT2D eigenvalue weighted by Crippen LogP contribution is -2.51. The minimum atomic E-state index is -1.06. The Morgan fingerprint density at radius 1 is 0.714 bits per heavy atom. The lowest BCUT2D eigenvalue weighted by Gasteiger charge is -2.42. The monoisotopic (exact) mass is 523 g/mol. The van der Waals surface area contributed by atoms with Gasteiger partial charge in [-0.15, -0.1) is 0 Å². The topological polar surface area (TPSA) is 37.4 Å². The van der Waals surface area contributed by atoms with Crippen molar-refractivity contribution in [3.8, 4) is 0 Å². The molecule has 4 heteroatoms. The predicted molar refractivity (Wildman–Crippen MR) is 142 cm³/mol. The zero-order valence-electron chi connectivity index (χ0n) is 19.5. The summed E-state index contributed by atoms with van der Waals surface area (Å²) in [5.41, 5.74) is 2.64. The van der Waals surface area contributed by atoms with Gasteiger partial charge in [-0.2, -0.15) is 0 Å². The number of amides is 2. The molecule has 1 heterocycles. The van der Waals surface area contributed by atoms with Crippen molar-refractivity contribution >= 4 is 27.7 Å². The molecule has 3 nitrogen and oxygen atoms in total. The van der Waals surface area contributed by atoms with Crippen molar-refractivity contribution in [2.75, 3.05) is 0 Å². The molecule has 0 saturated carbocycles. The number of carbonyl (C=O) groups excluding carboxylic acids is 2. The van der Waals surface area contributed by atoms with Gasteiger partial charge in [0.2, 0.25) is 11.8 Å². The first-order valence-electron chi connectivity index (χ1n) is 11.8. The van der Waals surface area contributed by atoms with E-state index in [0.717, 1.165) is 26.7 Å². The van der Waals surface area contributed by atoms with E-state index in [0.29, 0.717) is 0 Å². The summed E-state index contributed by atoms with van der Waals surface area (Å²) >= 11 is 3.48. The molecule has 35 heavy (non-hydrogen) atoms. The van der Waals surface area contributed by atoms with Crippen molar-refractivity contribution in [2.24, 2.45) is 5.92 Å². The molecule has 0 aliphatic carbocycles. The number of carbonyl (C=O) groups is 2. The quantitative estimate of drug-likeness (QED) is 0.203. The highest BCUT2D eigenvalue weighted by Gasteiger charge is 2.54. The average Bonchev–Trinajstić information content (AvgIpc) is 3.21. The van der Waals surface area contributed by atoms with E-state index >= 15 is 0 Å². The largest absolute Gasteiger partial charge is 0.274 e. The molecule has 5 rings (SSSR count). The van der Waals surface area contributed by atoms with Crippen molar-refractivity contribution in [3.63, 3.8) is 0 Å². The van der Waals surface area contributed by atoms with Crippen LogP contribution in [0.1, 0.15) is 41.5 Å². The Morgan fingerprint density at radius 2 is 1.14 bits per heavy atom. The van der Waals surface area contributed by atoms with Gasteiger partial charge >= 0.3 is 0 Å². The van der Waals surface area contributed by atoms with Gasteiger partial charge in [-0.05, 0) is 40.3 Å². The third-order valence-corrected chi connectivity index (χ3v) is 7.62. The molecule has 0 N–H and O–H groups in total. The van der Waals surface area contributed by atoms with Gasteiger partial charge in [-0.3, -0.25) is 14.5 Å². The molecule has 1 aliphatic rings. The number of nitrogens with zero attached hydrogens (tertiary/aromatic N) is 1. The molecule has 2 atom stereocenters. The summed E-state index contributed by atoms with van der Waals surface area (Å²) < 4.78 is 0.986. The smallest absolute Gasteiger partial charge is 0.234 e. The van der Waals surface area contributed by atoms with Crippen LogP contribution >= 0.6 is 15.9 Å². The third kappa shape index (κ3) is 4.02. The van der Waals surface area contributed by atoms with Gasteiger partial charge in [-0.1, -0.05) is 126 Å². The second-order valence-corrected chi connectivity index (χ2v) is 9.94. The first-order valence-corrected chi connectivity index (χ1v) is 12.6. The van der Waals surface area contributed by atoms with Crippen molar-refractivity contribution in [1.29, 1.82) is 0 Å². The van der Waals surface area contributed by atoms with E-state index in [4.69, 9.17) is 0 Å². The summed E-state index contributed by atoms with van der Waals surface area (Å²) in [5.74, 6) is -0.814. The molecule has 0 aromatic heterocycles.